The van der Waals surface area contributed by atoms with Crippen molar-refractivity contribution in [2.24, 2.45) is 28.6 Å². The Morgan fingerprint density at radius 3 is 2.70 bits per heavy atom. The first-order valence-corrected chi connectivity index (χ1v) is 11.2. The third-order valence-corrected chi connectivity index (χ3v) is 10.4. The first kappa shape index (κ1) is 20.0. The number of hydrogen-bond acceptors (Lipinski definition) is 5. The van der Waals surface area contributed by atoms with Crippen LogP contribution in [0.25, 0.3) is 0 Å². The van der Waals surface area contributed by atoms with E-state index in [9.17, 15) is 24.9 Å². The molecule has 3 N–H and O–H groups in total. The molecule has 27 heavy (non-hydrogen) atoms. The first-order valence-electron chi connectivity index (χ1n) is 9.97. The molecule has 0 radical (unpaired) electrons. The Labute approximate surface area is 172 Å². The van der Waals surface area contributed by atoms with E-state index in [1.807, 2.05) is 13.0 Å². The number of carbonyl (C=O) groups is 2. The summed E-state index contributed by atoms with van der Waals surface area (Å²) in [6.45, 7) is 3.46. The van der Waals surface area contributed by atoms with Gasteiger partial charge in [0.25, 0.3) is 0 Å². The normalized spacial score (nSPS) is 51.9. The van der Waals surface area contributed by atoms with Crippen LogP contribution < -0.4 is 0 Å². The number of rotatable bonds is 2. The van der Waals surface area contributed by atoms with Crippen molar-refractivity contribution in [3.8, 4) is 0 Å². The zero-order chi connectivity index (χ0) is 19.8. The number of Topliss-reactive ketones (excluding diaryl/α,β-unsaturated/α-hetero) is 1. The van der Waals surface area contributed by atoms with Gasteiger partial charge in [0.15, 0.2) is 0 Å². The van der Waals surface area contributed by atoms with Gasteiger partial charge in [-0.3, -0.25) is 0 Å². The van der Waals surface area contributed by atoms with Crippen molar-refractivity contribution in [2.75, 3.05) is 6.61 Å². The Balaban J connectivity index is 1.76. The Morgan fingerprint density at radius 1 is 1.33 bits per heavy atom. The summed E-state index contributed by atoms with van der Waals surface area (Å²) in [6.07, 6.45) is 4.83. The number of aliphatic hydroxyl groups excluding tert-OH is 2. The predicted octanol–water partition coefficient (Wildman–Crippen LogP) is 1.73. The number of allylic oxidation sites excluding steroid dienone is 1. The summed E-state index contributed by atoms with van der Waals surface area (Å²) in [5.41, 5.74) is -1.34. The molecule has 0 spiro atoms. The van der Waals surface area contributed by atoms with Gasteiger partial charge in [-0.2, -0.15) is 0 Å². The first-order chi connectivity index (χ1) is 12.6. The summed E-state index contributed by atoms with van der Waals surface area (Å²) in [5, 5.41) is 31.9. The molecule has 0 aromatic rings. The SMILES string of the molecule is C[C@]12C[C@H](O)[C@H]3[C@@H](CCC4=CC(=O)C[CH]([Au])[C@@]43C)[C@@H]1CC[C@]2(O)C(=O)CO. The van der Waals surface area contributed by atoms with Gasteiger partial charge in [-0.25, -0.2) is 0 Å². The molecular weight excluding hydrogens is 529 g/mol. The van der Waals surface area contributed by atoms with Crippen LogP contribution in [-0.4, -0.2) is 45.2 Å². The molecule has 0 aliphatic heterocycles. The zero-order valence-corrected chi connectivity index (χ0v) is 18.0. The fourth-order valence-electron chi connectivity index (χ4n) is 7.23. The summed E-state index contributed by atoms with van der Waals surface area (Å²) < 4.78 is 0.121. The van der Waals surface area contributed by atoms with Crippen LogP contribution in [0, 0.1) is 28.6 Å². The second kappa shape index (κ2) is 6.35. The molecule has 8 atom stereocenters. The zero-order valence-electron chi connectivity index (χ0n) is 15.9. The van der Waals surface area contributed by atoms with Crippen LogP contribution in [0.15, 0.2) is 11.6 Å². The van der Waals surface area contributed by atoms with Crippen molar-refractivity contribution in [3.05, 3.63) is 11.6 Å². The average Bonchev–Trinajstić information content (AvgIpc) is 2.87. The van der Waals surface area contributed by atoms with Gasteiger partial charge in [0, 0.05) is 0 Å². The number of fused-ring (bicyclic) bond motifs is 5. The Hall–Kier alpha value is -0.300. The Kier molecular flexibility index (Phi) is 4.70. The van der Waals surface area contributed by atoms with Gasteiger partial charge in [-0.15, -0.1) is 0 Å². The van der Waals surface area contributed by atoms with Crippen LogP contribution in [0.1, 0.15) is 52.4 Å². The van der Waals surface area contributed by atoms with E-state index in [1.165, 1.54) is 0 Å². The number of ketones is 2. The second-order valence-electron chi connectivity index (χ2n) is 9.54. The van der Waals surface area contributed by atoms with E-state index in [1.54, 1.807) is 0 Å². The van der Waals surface area contributed by atoms with Gasteiger partial charge in [0.05, 0.1) is 0 Å². The topological polar surface area (TPSA) is 94.8 Å². The molecule has 0 bridgehead atoms. The van der Waals surface area contributed by atoms with Crippen LogP contribution in [0.3, 0.4) is 0 Å². The molecule has 0 saturated heterocycles. The molecule has 0 aromatic carbocycles. The van der Waals surface area contributed by atoms with Gasteiger partial charge in [0.1, 0.15) is 0 Å². The van der Waals surface area contributed by atoms with Crippen molar-refractivity contribution in [1.82, 2.24) is 0 Å². The van der Waals surface area contributed by atoms with E-state index >= 15 is 0 Å². The van der Waals surface area contributed by atoms with Crippen molar-refractivity contribution >= 4 is 11.6 Å². The van der Waals surface area contributed by atoms with Gasteiger partial charge in [-0.05, 0) is 0 Å². The molecule has 1 unspecified atom stereocenters. The number of hydrogen-bond donors (Lipinski definition) is 3. The molecule has 3 saturated carbocycles. The average molecular weight is 558 g/mol. The maximum atomic E-state index is 12.4. The molecule has 6 heteroatoms. The fourth-order valence-corrected chi connectivity index (χ4v) is 8.49. The Morgan fingerprint density at radius 2 is 2.04 bits per heavy atom. The van der Waals surface area contributed by atoms with Gasteiger partial charge < -0.3 is 0 Å². The van der Waals surface area contributed by atoms with E-state index < -0.39 is 29.5 Å². The minimum atomic E-state index is -1.56. The molecule has 0 amide bonds. The van der Waals surface area contributed by atoms with Crippen LogP contribution >= 0.6 is 0 Å². The fraction of sp³-hybridized carbons (Fsp3) is 0.810. The summed E-state index contributed by atoms with van der Waals surface area (Å²) in [6, 6.07) is 0. The van der Waals surface area contributed by atoms with Crippen LogP contribution in [0.2, 0.25) is 4.14 Å². The third kappa shape index (κ3) is 2.45. The van der Waals surface area contributed by atoms with Crippen molar-refractivity contribution in [1.29, 1.82) is 0 Å². The summed E-state index contributed by atoms with van der Waals surface area (Å²) in [7, 11) is 0. The summed E-state index contributed by atoms with van der Waals surface area (Å²) in [5.74, 6) is 0.0393. The standard InChI is InChI=1S/C21H29O5.Au/c1-19-7-5-13(23)9-12(19)3-4-14-15-6-8-21(26,17(25)11-22)20(15,2)10-16(24)18(14)19;/h7,9,14-16,18,22,24,26H,3-6,8,10-11H2,1-2H3;/t14-,15-,16-,18+,19-,20-,21-;/m0./s1. The Bertz CT molecular complexity index is 719. The van der Waals surface area contributed by atoms with E-state index in [0.717, 1.165) is 24.8 Å². The molecule has 3 fully saturated rings. The summed E-state index contributed by atoms with van der Waals surface area (Å²) >= 11 is 2.60. The van der Waals surface area contributed by atoms with Crippen LogP contribution in [-0.2, 0) is 30.7 Å². The van der Waals surface area contributed by atoms with Crippen molar-refractivity contribution < 1.29 is 46.0 Å². The maximum absolute atomic E-state index is 12.4. The molecule has 4 rings (SSSR count). The molecule has 5 nitrogen and oxygen atoms in total. The number of carbonyl (C=O) groups excluding carboxylic acids is 2. The van der Waals surface area contributed by atoms with Crippen LogP contribution in [0.4, 0.5) is 0 Å². The molecule has 0 aromatic heterocycles. The van der Waals surface area contributed by atoms with Crippen LogP contribution in [0.5, 0.6) is 0 Å². The monoisotopic (exact) mass is 558 g/mol. The summed E-state index contributed by atoms with van der Waals surface area (Å²) in [4.78, 5) is 24.5. The number of aliphatic hydroxyl groups is 3. The van der Waals surface area contributed by atoms with E-state index in [4.69, 9.17) is 0 Å². The van der Waals surface area contributed by atoms with E-state index in [-0.39, 0.29) is 33.1 Å². The van der Waals surface area contributed by atoms with Gasteiger partial charge in [0.2, 0.25) is 0 Å². The molecule has 154 valence electrons. The van der Waals surface area contributed by atoms with Crippen molar-refractivity contribution in [2.45, 2.75) is 68.2 Å². The molecule has 4 aliphatic rings. The van der Waals surface area contributed by atoms with E-state index in [0.29, 0.717) is 19.3 Å². The molecule has 0 heterocycles. The van der Waals surface area contributed by atoms with Gasteiger partial charge in [-0.1, -0.05) is 0 Å². The minimum absolute atomic E-state index is 0.0326. The predicted molar refractivity (Wildman–Crippen MR) is 94.3 cm³/mol. The van der Waals surface area contributed by atoms with Crippen molar-refractivity contribution in [3.63, 3.8) is 0 Å². The quantitative estimate of drug-likeness (QED) is 0.449. The molecule has 4 aliphatic carbocycles. The van der Waals surface area contributed by atoms with Gasteiger partial charge >= 0.3 is 173 Å². The second-order valence-corrected chi connectivity index (χ2v) is 11.1. The molecular formula is C21H29AuO5. The van der Waals surface area contributed by atoms with E-state index in [2.05, 4.69) is 28.0 Å². The third-order valence-electron chi connectivity index (χ3n) is 8.65.